The fourth-order valence-electron chi connectivity index (χ4n) is 1.29. The maximum atomic E-state index is 11.0. The predicted octanol–water partition coefficient (Wildman–Crippen LogP) is 1.56. The van der Waals surface area contributed by atoms with Crippen molar-refractivity contribution in [2.24, 2.45) is 5.41 Å². The number of hydrogen-bond acceptors (Lipinski definition) is 1. The van der Waals surface area contributed by atoms with Crippen molar-refractivity contribution in [1.82, 2.24) is 0 Å². The van der Waals surface area contributed by atoms with Crippen LogP contribution in [0.4, 0.5) is 0 Å². The Morgan fingerprint density at radius 1 is 1.44 bits per heavy atom. The fourth-order valence-corrected chi connectivity index (χ4v) is 2.92. The quantitative estimate of drug-likeness (QED) is 0.507. The lowest BCUT2D eigenvalue weighted by atomic mass is 9.90. The highest BCUT2D eigenvalue weighted by Gasteiger charge is 2.24. The van der Waals surface area contributed by atoms with Crippen LogP contribution in [0, 0.1) is 5.41 Å². The highest BCUT2D eigenvalue weighted by atomic mass is 32.2. The average Bonchev–Trinajstić information content (AvgIpc) is 1.60. The molecule has 1 atom stereocenters. The van der Waals surface area contributed by atoms with Crippen LogP contribution in [0.2, 0.25) is 0 Å². The summed E-state index contributed by atoms with van der Waals surface area (Å²) in [5.74, 6) is 1.84. The van der Waals surface area contributed by atoms with Crippen molar-refractivity contribution in [3.63, 3.8) is 0 Å². The van der Waals surface area contributed by atoms with Crippen LogP contribution in [-0.4, -0.2) is 15.7 Å². The molecule has 1 aliphatic rings. The van der Waals surface area contributed by atoms with Gasteiger partial charge in [-0.2, -0.15) is 0 Å². The summed E-state index contributed by atoms with van der Waals surface area (Å²) in [5.41, 5.74) is 0.350. The molecule has 1 rings (SSSR count). The summed E-state index contributed by atoms with van der Waals surface area (Å²) >= 11 is 0. The summed E-state index contributed by atoms with van der Waals surface area (Å²) < 4.78 is 11.0. The molecule has 0 aromatic rings. The van der Waals surface area contributed by atoms with Crippen LogP contribution in [0.15, 0.2) is 0 Å². The van der Waals surface area contributed by atoms with Crippen LogP contribution in [0.1, 0.15) is 26.7 Å². The molecule has 1 aliphatic heterocycles. The van der Waals surface area contributed by atoms with Crippen molar-refractivity contribution in [3.8, 4) is 0 Å². The molecule has 0 saturated carbocycles. The zero-order valence-corrected chi connectivity index (χ0v) is 6.96. The van der Waals surface area contributed by atoms with E-state index >= 15 is 0 Å². The zero-order valence-electron chi connectivity index (χ0n) is 6.14. The first-order chi connectivity index (χ1) is 4.10. The molecule has 0 aromatic carbocycles. The van der Waals surface area contributed by atoms with Gasteiger partial charge >= 0.3 is 0 Å². The Balaban J connectivity index is 2.51. The predicted molar refractivity (Wildman–Crippen MR) is 40.9 cm³/mol. The van der Waals surface area contributed by atoms with Gasteiger partial charge in [0, 0.05) is 22.3 Å². The van der Waals surface area contributed by atoms with E-state index in [-0.39, 0.29) is 0 Å². The standard InChI is InChI=1S/C7H14OS/c1-7(2)4-3-5-9(8)6-7/h3-6H2,1-2H3. The molecule has 1 saturated heterocycles. The van der Waals surface area contributed by atoms with E-state index in [9.17, 15) is 4.21 Å². The van der Waals surface area contributed by atoms with Gasteiger partial charge in [-0.05, 0) is 18.3 Å². The van der Waals surface area contributed by atoms with Crippen molar-refractivity contribution in [1.29, 1.82) is 0 Å². The van der Waals surface area contributed by atoms with Gasteiger partial charge in [0.25, 0.3) is 0 Å². The minimum absolute atomic E-state index is 0.350. The van der Waals surface area contributed by atoms with Crippen LogP contribution in [0.5, 0.6) is 0 Å². The van der Waals surface area contributed by atoms with Gasteiger partial charge in [0.1, 0.15) is 0 Å². The van der Waals surface area contributed by atoms with Gasteiger partial charge in [-0.25, -0.2) is 0 Å². The molecular formula is C7H14OS. The molecule has 0 radical (unpaired) electrons. The van der Waals surface area contributed by atoms with Crippen LogP contribution in [0.3, 0.4) is 0 Å². The van der Waals surface area contributed by atoms with Crippen molar-refractivity contribution >= 4 is 10.8 Å². The third-order valence-electron chi connectivity index (χ3n) is 1.78. The summed E-state index contributed by atoms with van der Waals surface area (Å²) in [7, 11) is -0.510. The van der Waals surface area contributed by atoms with E-state index < -0.39 is 10.8 Å². The maximum absolute atomic E-state index is 11.0. The van der Waals surface area contributed by atoms with E-state index in [0.717, 1.165) is 17.9 Å². The normalized spacial score (nSPS) is 34.2. The smallest absolute Gasteiger partial charge is 0.0286 e. The monoisotopic (exact) mass is 146 g/mol. The largest absolute Gasteiger partial charge is 0.260 e. The lowest BCUT2D eigenvalue weighted by Gasteiger charge is -2.28. The highest BCUT2D eigenvalue weighted by molar-refractivity contribution is 7.85. The van der Waals surface area contributed by atoms with E-state index in [1.165, 1.54) is 6.42 Å². The lowest BCUT2D eigenvalue weighted by Crippen LogP contribution is -2.27. The van der Waals surface area contributed by atoms with Crippen molar-refractivity contribution in [2.75, 3.05) is 11.5 Å². The Kier molecular flexibility index (Phi) is 1.94. The minimum Gasteiger partial charge on any atom is -0.260 e. The van der Waals surface area contributed by atoms with Gasteiger partial charge in [0.05, 0.1) is 0 Å². The van der Waals surface area contributed by atoms with Gasteiger partial charge < -0.3 is 0 Å². The first-order valence-corrected chi connectivity index (χ1v) is 4.94. The Labute approximate surface area is 59.3 Å². The molecule has 1 unspecified atom stereocenters. The molecule has 9 heavy (non-hydrogen) atoms. The third-order valence-corrected chi connectivity index (χ3v) is 3.62. The maximum Gasteiger partial charge on any atom is 0.0286 e. The van der Waals surface area contributed by atoms with Crippen LogP contribution < -0.4 is 0 Å². The summed E-state index contributed by atoms with van der Waals surface area (Å²) in [4.78, 5) is 0. The van der Waals surface area contributed by atoms with E-state index in [2.05, 4.69) is 13.8 Å². The molecule has 1 fully saturated rings. The first kappa shape index (κ1) is 7.26. The van der Waals surface area contributed by atoms with Crippen molar-refractivity contribution in [3.05, 3.63) is 0 Å². The van der Waals surface area contributed by atoms with E-state index in [4.69, 9.17) is 0 Å². The Hall–Kier alpha value is 0.150. The van der Waals surface area contributed by atoms with E-state index in [1.807, 2.05) is 0 Å². The van der Waals surface area contributed by atoms with Crippen LogP contribution in [0.25, 0.3) is 0 Å². The Morgan fingerprint density at radius 2 is 2.11 bits per heavy atom. The second-order valence-electron chi connectivity index (χ2n) is 3.56. The molecule has 0 spiro atoms. The van der Waals surface area contributed by atoms with Gasteiger partial charge in [0.15, 0.2) is 0 Å². The van der Waals surface area contributed by atoms with Gasteiger partial charge in [0.2, 0.25) is 0 Å². The molecule has 1 heterocycles. The van der Waals surface area contributed by atoms with Gasteiger partial charge in [-0.3, -0.25) is 4.21 Å². The molecule has 0 bridgehead atoms. The number of rotatable bonds is 0. The zero-order chi connectivity index (χ0) is 6.91. The molecule has 0 aliphatic carbocycles. The van der Waals surface area contributed by atoms with Crippen LogP contribution in [-0.2, 0) is 10.8 Å². The summed E-state index contributed by atoms with van der Waals surface area (Å²) in [6.07, 6.45) is 2.40. The SMILES string of the molecule is CC1(C)CCCS(=O)C1. The molecule has 0 N–H and O–H groups in total. The lowest BCUT2D eigenvalue weighted by molar-refractivity contribution is 0.368. The van der Waals surface area contributed by atoms with Crippen LogP contribution >= 0.6 is 0 Å². The Morgan fingerprint density at radius 3 is 2.44 bits per heavy atom. The van der Waals surface area contributed by atoms with Crippen molar-refractivity contribution in [2.45, 2.75) is 26.7 Å². The molecule has 1 nitrogen and oxygen atoms in total. The fraction of sp³-hybridized carbons (Fsp3) is 1.00. The highest BCUT2D eigenvalue weighted by Crippen LogP contribution is 2.27. The molecule has 54 valence electrons. The molecular weight excluding hydrogens is 132 g/mol. The third kappa shape index (κ3) is 2.09. The second kappa shape index (κ2) is 2.41. The molecule has 2 heteroatoms. The summed E-state index contributed by atoms with van der Waals surface area (Å²) in [6, 6.07) is 0. The summed E-state index contributed by atoms with van der Waals surface area (Å²) in [6.45, 7) is 4.40. The van der Waals surface area contributed by atoms with Gasteiger partial charge in [-0.1, -0.05) is 13.8 Å². The first-order valence-electron chi connectivity index (χ1n) is 3.45. The van der Waals surface area contributed by atoms with Crippen molar-refractivity contribution < 1.29 is 4.21 Å². The summed E-state index contributed by atoms with van der Waals surface area (Å²) in [5, 5.41) is 0. The minimum atomic E-state index is -0.510. The van der Waals surface area contributed by atoms with Gasteiger partial charge in [-0.15, -0.1) is 0 Å². The van der Waals surface area contributed by atoms with E-state index in [0.29, 0.717) is 5.41 Å². The molecule has 0 amide bonds. The Bertz CT molecular complexity index is 129. The van der Waals surface area contributed by atoms with E-state index in [1.54, 1.807) is 0 Å². The topological polar surface area (TPSA) is 17.1 Å². The second-order valence-corrected chi connectivity index (χ2v) is 5.13. The molecule has 0 aromatic heterocycles. The number of hydrogen-bond donors (Lipinski definition) is 0. The average molecular weight is 146 g/mol.